The van der Waals surface area contributed by atoms with Crippen LogP contribution in [-0.2, 0) is 4.79 Å². The van der Waals surface area contributed by atoms with Crippen molar-refractivity contribution in [1.29, 1.82) is 0 Å². The lowest BCUT2D eigenvalue weighted by molar-refractivity contribution is -0.122. The highest BCUT2D eigenvalue weighted by molar-refractivity contribution is 5.80. The number of rotatable bonds is 3. The maximum Gasteiger partial charge on any atom is 0.223 e. The van der Waals surface area contributed by atoms with Crippen molar-refractivity contribution in [2.24, 2.45) is 11.8 Å². The van der Waals surface area contributed by atoms with Crippen LogP contribution >= 0.6 is 0 Å². The fourth-order valence-electron chi connectivity index (χ4n) is 2.32. The molecule has 0 bridgehead atoms. The summed E-state index contributed by atoms with van der Waals surface area (Å²) in [5.74, 6) is 1.43. The molecule has 1 amide bonds. The number of carbonyl (C=O) groups is 1. The van der Waals surface area contributed by atoms with Gasteiger partial charge in [0.2, 0.25) is 5.91 Å². The highest BCUT2D eigenvalue weighted by atomic mass is 16.2. The summed E-state index contributed by atoms with van der Waals surface area (Å²) in [5.41, 5.74) is 0. The van der Waals surface area contributed by atoms with Crippen molar-refractivity contribution in [3.8, 4) is 0 Å². The zero-order valence-electron chi connectivity index (χ0n) is 8.01. The average Bonchev–Trinajstić information content (AvgIpc) is 2.72. The van der Waals surface area contributed by atoms with Gasteiger partial charge in [-0.2, -0.15) is 0 Å². The van der Waals surface area contributed by atoms with E-state index in [4.69, 9.17) is 0 Å². The molecule has 2 heterocycles. The molecule has 0 spiro atoms. The topological polar surface area (TPSA) is 41.1 Å². The maximum atomic E-state index is 11.3. The first kappa shape index (κ1) is 9.00. The van der Waals surface area contributed by atoms with Crippen molar-refractivity contribution >= 4 is 5.91 Å². The van der Waals surface area contributed by atoms with Crippen LogP contribution in [-0.4, -0.2) is 25.5 Å². The number of hydrogen-bond acceptors (Lipinski definition) is 2. The molecule has 2 rings (SSSR count). The molecule has 2 N–H and O–H groups in total. The fraction of sp³-hybridized carbons (Fsp3) is 0.900. The Morgan fingerprint density at radius 3 is 2.77 bits per heavy atom. The Hall–Kier alpha value is -0.570. The monoisotopic (exact) mass is 182 g/mol. The van der Waals surface area contributed by atoms with Gasteiger partial charge in [-0.3, -0.25) is 4.79 Å². The van der Waals surface area contributed by atoms with E-state index < -0.39 is 0 Å². The normalized spacial score (nSPS) is 33.7. The summed E-state index contributed by atoms with van der Waals surface area (Å²) in [6, 6.07) is 0. The van der Waals surface area contributed by atoms with Gasteiger partial charge in [0.25, 0.3) is 0 Å². The minimum atomic E-state index is 0.283. The Bertz CT molecular complexity index is 187. The van der Waals surface area contributed by atoms with Crippen molar-refractivity contribution in [3.05, 3.63) is 0 Å². The lowest BCUT2D eigenvalue weighted by Gasteiger charge is -2.10. The second-order valence-electron chi connectivity index (χ2n) is 4.21. The highest BCUT2D eigenvalue weighted by Crippen LogP contribution is 2.22. The summed E-state index contributed by atoms with van der Waals surface area (Å²) in [6.45, 7) is 3.22. The zero-order valence-corrected chi connectivity index (χ0v) is 8.01. The van der Waals surface area contributed by atoms with E-state index in [1.807, 2.05) is 0 Å². The molecule has 2 aliphatic rings. The van der Waals surface area contributed by atoms with Crippen molar-refractivity contribution in [1.82, 2.24) is 10.6 Å². The van der Waals surface area contributed by atoms with Crippen molar-refractivity contribution in [2.75, 3.05) is 19.6 Å². The van der Waals surface area contributed by atoms with Gasteiger partial charge in [-0.15, -0.1) is 0 Å². The van der Waals surface area contributed by atoms with Gasteiger partial charge >= 0.3 is 0 Å². The Morgan fingerprint density at radius 1 is 1.23 bits per heavy atom. The largest absolute Gasteiger partial charge is 0.356 e. The molecule has 0 aromatic rings. The molecule has 0 radical (unpaired) electrons. The molecule has 2 fully saturated rings. The van der Waals surface area contributed by atoms with E-state index in [9.17, 15) is 4.79 Å². The van der Waals surface area contributed by atoms with E-state index in [1.54, 1.807) is 0 Å². The summed E-state index contributed by atoms with van der Waals surface area (Å²) < 4.78 is 0. The van der Waals surface area contributed by atoms with Gasteiger partial charge in [0, 0.05) is 12.5 Å². The Morgan fingerprint density at radius 2 is 2.15 bits per heavy atom. The summed E-state index contributed by atoms with van der Waals surface area (Å²) >= 11 is 0. The van der Waals surface area contributed by atoms with Crippen LogP contribution in [0.1, 0.15) is 25.7 Å². The van der Waals surface area contributed by atoms with Crippen LogP contribution in [0.5, 0.6) is 0 Å². The second kappa shape index (κ2) is 4.09. The molecule has 0 saturated carbocycles. The van der Waals surface area contributed by atoms with Crippen LogP contribution in [0.3, 0.4) is 0 Å². The molecule has 2 unspecified atom stereocenters. The number of amides is 1. The predicted molar refractivity (Wildman–Crippen MR) is 51.3 cm³/mol. The van der Waals surface area contributed by atoms with Crippen LogP contribution < -0.4 is 10.6 Å². The minimum absolute atomic E-state index is 0.283. The number of nitrogens with one attached hydrogen (secondary N) is 2. The number of carbonyl (C=O) groups excluding carboxylic acids is 1. The molecular formula is C10H18N2O. The summed E-state index contributed by atoms with van der Waals surface area (Å²) in [4.78, 5) is 11.3. The van der Waals surface area contributed by atoms with Crippen LogP contribution in [0.2, 0.25) is 0 Å². The van der Waals surface area contributed by atoms with Gasteiger partial charge in [0.05, 0.1) is 0 Å². The summed E-state index contributed by atoms with van der Waals surface area (Å²) in [6.07, 6.45) is 4.68. The van der Waals surface area contributed by atoms with Crippen molar-refractivity contribution in [3.63, 3.8) is 0 Å². The minimum Gasteiger partial charge on any atom is -0.356 e. The smallest absolute Gasteiger partial charge is 0.223 e. The third kappa shape index (κ3) is 2.21. The molecule has 3 heteroatoms. The van der Waals surface area contributed by atoms with Crippen LogP contribution in [0.15, 0.2) is 0 Å². The van der Waals surface area contributed by atoms with Crippen LogP contribution in [0.4, 0.5) is 0 Å². The number of hydrogen-bond donors (Lipinski definition) is 2. The van der Waals surface area contributed by atoms with E-state index >= 15 is 0 Å². The van der Waals surface area contributed by atoms with E-state index in [0.29, 0.717) is 5.92 Å². The van der Waals surface area contributed by atoms with Gasteiger partial charge < -0.3 is 10.6 Å². The molecule has 2 saturated heterocycles. The summed E-state index contributed by atoms with van der Waals surface area (Å²) in [7, 11) is 0. The quantitative estimate of drug-likeness (QED) is 0.668. The van der Waals surface area contributed by atoms with Gasteiger partial charge in [-0.1, -0.05) is 0 Å². The molecule has 74 valence electrons. The van der Waals surface area contributed by atoms with Gasteiger partial charge in [0.1, 0.15) is 0 Å². The van der Waals surface area contributed by atoms with E-state index in [1.165, 1.54) is 19.4 Å². The molecule has 0 aromatic carbocycles. The zero-order chi connectivity index (χ0) is 9.10. The SMILES string of the molecule is O=C1NCCC1CCC1CCNC1. The third-order valence-electron chi connectivity index (χ3n) is 3.25. The first-order chi connectivity index (χ1) is 6.36. The highest BCUT2D eigenvalue weighted by Gasteiger charge is 2.25. The predicted octanol–water partition coefficient (Wildman–Crippen LogP) is 0.512. The average molecular weight is 182 g/mol. The summed E-state index contributed by atoms with van der Waals surface area (Å²) in [5, 5.41) is 6.25. The first-order valence-electron chi connectivity index (χ1n) is 5.34. The van der Waals surface area contributed by atoms with Crippen molar-refractivity contribution < 1.29 is 4.79 Å². The maximum absolute atomic E-state index is 11.3. The molecular weight excluding hydrogens is 164 g/mol. The molecule has 0 aromatic heterocycles. The molecule has 13 heavy (non-hydrogen) atoms. The van der Waals surface area contributed by atoms with Gasteiger partial charge in [-0.05, 0) is 44.7 Å². The molecule has 2 atom stereocenters. The van der Waals surface area contributed by atoms with Gasteiger partial charge in [-0.25, -0.2) is 0 Å². The van der Waals surface area contributed by atoms with Crippen LogP contribution in [0.25, 0.3) is 0 Å². The molecule has 0 aliphatic carbocycles. The molecule has 3 nitrogen and oxygen atoms in total. The van der Waals surface area contributed by atoms with E-state index in [0.717, 1.165) is 31.8 Å². The molecule has 2 aliphatic heterocycles. The van der Waals surface area contributed by atoms with Crippen LogP contribution in [0, 0.1) is 11.8 Å². The van der Waals surface area contributed by atoms with Gasteiger partial charge in [0.15, 0.2) is 0 Å². The Kier molecular flexibility index (Phi) is 2.83. The standard InChI is InChI=1S/C10H18N2O/c13-10-9(4-6-12-10)2-1-8-3-5-11-7-8/h8-9,11H,1-7H2,(H,12,13). The Labute approximate surface area is 79.3 Å². The second-order valence-corrected chi connectivity index (χ2v) is 4.21. The lowest BCUT2D eigenvalue weighted by atomic mass is 9.94. The fourth-order valence-corrected chi connectivity index (χ4v) is 2.32. The first-order valence-corrected chi connectivity index (χ1v) is 5.34. The third-order valence-corrected chi connectivity index (χ3v) is 3.25. The van der Waals surface area contributed by atoms with Crippen molar-refractivity contribution in [2.45, 2.75) is 25.7 Å². The van der Waals surface area contributed by atoms with E-state index in [2.05, 4.69) is 10.6 Å². The lowest BCUT2D eigenvalue weighted by Crippen LogP contribution is -2.19. The Balaban J connectivity index is 1.69. The van der Waals surface area contributed by atoms with E-state index in [-0.39, 0.29) is 5.91 Å².